The van der Waals surface area contributed by atoms with Crippen molar-refractivity contribution in [2.45, 2.75) is 128 Å². The zero-order chi connectivity index (χ0) is 18.7. The first kappa shape index (κ1) is 22.2. The minimum atomic E-state index is 0.188. The van der Waals surface area contributed by atoms with Crippen LogP contribution in [0.3, 0.4) is 0 Å². The van der Waals surface area contributed by atoms with E-state index in [1.165, 1.54) is 103 Å². The molecule has 0 aromatic carbocycles. The summed E-state index contributed by atoms with van der Waals surface area (Å²) in [6, 6.07) is 0. The van der Waals surface area contributed by atoms with Crippen LogP contribution in [0.25, 0.3) is 0 Å². The van der Waals surface area contributed by atoms with E-state index in [0.717, 1.165) is 18.4 Å². The zero-order valence-electron chi connectivity index (χ0n) is 18.1. The van der Waals surface area contributed by atoms with Crippen molar-refractivity contribution in [3.63, 3.8) is 0 Å². The van der Waals surface area contributed by atoms with Crippen LogP contribution in [-0.4, -0.2) is 25.4 Å². The molecule has 0 saturated heterocycles. The second-order valence-electron chi connectivity index (χ2n) is 9.11. The Morgan fingerprint density at radius 2 is 1.42 bits per heavy atom. The van der Waals surface area contributed by atoms with Gasteiger partial charge in [0.2, 0.25) is 0 Å². The molecular weight excluding hydrogens is 320 g/mol. The lowest BCUT2D eigenvalue weighted by atomic mass is 9.66. The van der Waals surface area contributed by atoms with Gasteiger partial charge in [0.05, 0.1) is 11.7 Å². The summed E-state index contributed by atoms with van der Waals surface area (Å²) in [7, 11) is 1.98. The molecule has 154 valence electrons. The van der Waals surface area contributed by atoms with Crippen LogP contribution in [0.15, 0.2) is 0 Å². The lowest BCUT2D eigenvalue weighted by molar-refractivity contribution is -0.113. The van der Waals surface area contributed by atoms with E-state index in [9.17, 15) is 0 Å². The van der Waals surface area contributed by atoms with Crippen molar-refractivity contribution in [2.24, 2.45) is 11.8 Å². The van der Waals surface area contributed by atoms with Crippen molar-refractivity contribution in [3.05, 3.63) is 0 Å². The van der Waals surface area contributed by atoms with Crippen molar-refractivity contribution in [3.8, 4) is 0 Å². The van der Waals surface area contributed by atoms with Crippen LogP contribution in [0.4, 0.5) is 0 Å². The minimum Gasteiger partial charge on any atom is -0.378 e. The number of hydrogen-bond donors (Lipinski definition) is 0. The summed E-state index contributed by atoms with van der Waals surface area (Å²) in [5.74, 6) is 1.73. The van der Waals surface area contributed by atoms with Crippen LogP contribution < -0.4 is 0 Å². The Hall–Kier alpha value is -0.0800. The van der Waals surface area contributed by atoms with Crippen LogP contribution >= 0.6 is 0 Å². The van der Waals surface area contributed by atoms with Gasteiger partial charge in [-0.3, -0.25) is 0 Å². The number of ether oxygens (including phenoxy) is 2. The highest BCUT2D eigenvalue weighted by Crippen LogP contribution is 2.46. The van der Waals surface area contributed by atoms with Crippen LogP contribution in [-0.2, 0) is 9.47 Å². The van der Waals surface area contributed by atoms with Gasteiger partial charge >= 0.3 is 0 Å². The molecule has 2 aliphatic carbocycles. The maximum absolute atomic E-state index is 6.22. The Labute approximate surface area is 163 Å². The largest absolute Gasteiger partial charge is 0.378 e. The first-order valence-electron chi connectivity index (χ1n) is 11.9. The van der Waals surface area contributed by atoms with Gasteiger partial charge in [-0.15, -0.1) is 0 Å². The van der Waals surface area contributed by atoms with E-state index in [1.807, 2.05) is 7.11 Å². The molecule has 0 unspecified atom stereocenters. The van der Waals surface area contributed by atoms with Gasteiger partial charge in [0.15, 0.2) is 0 Å². The molecule has 0 bridgehead atoms. The van der Waals surface area contributed by atoms with Gasteiger partial charge in [-0.1, -0.05) is 58.8 Å². The van der Waals surface area contributed by atoms with Gasteiger partial charge in [-0.25, -0.2) is 0 Å². The summed E-state index contributed by atoms with van der Waals surface area (Å²) < 4.78 is 12.3. The number of rotatable bonds is 12. The van der Waals surface area contributed by atoms with Crippen LogP contribution in [0, 0.1) is 11.8 Å². The van der Waals surface area contributed by atoms with Gasteiger partial charge in [0.1, 0.15) is 0 Å². The predicted octanol–water partition coefficient (Wildman–Crippen LogP) is 7.30. The maximum atomic E-state index is 6.22. The van der Waals surface area contributed by atoms with Crippen molar-refractivity contribution >= 4 is 0 Å². The Kier molecular flexibility index (Phi) is 10.6. The highest BCUT2D eigenvalue weighted by atomic mass is 16.5. The summed E-state index contributed by atoms with van der Waals surface area (Å²) in [5, 5.41) is 0. The van der Waals surface area contributed by atoms with E-state index in [2.05, 4.69) is 13.8 Å². The van der Waals surface area contributed by atoms with Gasteiger partial charge in [0.25, 0.3) is 0 Å². The number of methoxy groups -OCH3 is 1. The van der Waals surface area contributed by atoms with Gasteiger partial charge in [-0.2, -0.15) is 0 Å². The average molecular weight is 367 g/mol. The van der Waals surface area contributed by atoms with E-state index in [0.29, 0.717) is 6.10 Å². The summed E-state index contributed by atoms with van der Waals surface area (Å²) in [6.45, 7) is 5.50. The van der Waals surface area contributed by atoms with Crippen molar-refractivity contribution in [1.29, 1.82) is 0 Å². The molecule has 2 rings (SSSR count). The molecule has 2 heteroatoms. The molecule has 2 aliphatic rings. The SMILES string of the molecule is CCCCCCCC1CCC(OC)(C2CCC(OCCCC)CC2)CC1. The normalized spacial score (nSPS) is 32.7. The third-order valence-electron chi connectivity index (χ3n) is 7.34. The fraction of sp³-hybridized carbons (Fsp3) is 1.00. The maximum Gasteiger partial charge on any atom is 0.0707 e. The molecule has 26 heavy (non-hydrogen) atoms. The molecule has 0 N–H and O–H groups in total. The van der Waals surface area contributed by atoms with Crippen molar-refractivity contribution in [2.75, 3.05) is 13.7 Å². The molecule has 0 aromatic rings. The highest BCUT2D eigenvalue weighted by molar-refractivity contribution is 4.95. The van der Waals surface area contributed by atoms with Crippen molar-refractivity contribution in [1.82, 2.24) is 0 Å². The fourth-order valence-corrected chi connectivity index (χ4v) is 5.42. The quantitative estimate of drug-likeness (QED) is 0.337. The van der Waals surface area contributed by atoms with Gasteiger partial charge in [-0.05, 0) is 69.6 Å². The Morgan fingerprint density at radius 1 is 0.769 bits per heavy atom. The molecule has 2 fully saturated rings. The van der Waals surface area contributed by atoms with Gasteiger partial charge < -0.3 is 9.47 Å². The third-order valence-corrected chi connectivity index (χ3v) is 7.34. The summed E-state index contributed by atoms with van der Waals surface area (Å²) in [4.78, 5) is 0. The fourth-order valence-electron chi connectivity index (χ4n) is 5.42. The molecule has 0 aliphatic heterocycles. The van der Waals surface area contributed by atoms with E-state index in [1.54, 1.807) is 0 Å². The molecule has 2 saturated carbocycles. The van der Waals surface area contributed by atoms with Crippen LogP contribution in [0.2, 0.25) is 0 Å². The Balaban J connectivity index is 1.68. The topological polar surface area (TPSA) is 18.5 Å². The van der Waals surface area contributed by atoms with Crippen molar-refractivity contribution < 1.29 is 9.47 Å². The van der Waals surface area contributed by atoms with E-state index in [-0.39, 0.29) is 5.60 Å². The second-order valence-corrected chi connectivity index (χ2v) is 9.11. The van der Waals surface area contributed by atoms with E-state index in [4.69, 9.17) is 9.47 Å². The zero-order valence-corrected chi connectivity index (χ0v) is 18.1. The summed E-state index contributed by atoms with van der Waals surface area (Å²) >= 11 is 0. The summed E-state index contributed by atoms with van der Waals surface area (Å²) in [6.07, 6.45) is 22.1. The minimum absolute atomic E-state index is 0.188. The van der Waals surface area contributed by atoms with Crippen LogP contribution in [0.1, 0.15) is 117 Å². The van der Waals surface area contributed by atoms with E-state index < -0.39 is 0 Å². The summed E-state index contributed by atoms with van der Waals surface area (Å²) in [5.41, 5.74) is 0.188. The molecule has 0 amide bonds. The lowest BCUT2D eigenvalue weighted by Gasteiger charge is -2.47. The molecule has 0 radical (unpaired) electrons. The molecular formula is C24H46O2. The Bertz CT molecular complexity index is 338. The van der Waals surface area contributed by atoms with Gasteiger partial charge in [0, 0.05) is 13.7 Å². The van der Waals surface area contributed by atoms with Crippen LogP contribution in [0.5, 0.6) is 0 Å². The first-order valence-corrected chi connectivity index (χ1v) is 11.9. The number of hydrogen-bond acceptors (Lipinski definition) is 2. The average Bonchev–Trinajstić information content (AvgIpc) is 2.69. The molecule has 0 heterocycles. The predicted molar refractivity (Wildman–Crippen MR) is 112 cm³/mol. The molecule has 0 atom stereocenters. The first-order chi connectivity index (χ1) is 12.7. The second kappa shape index (κ2) is 12.4. The number of unbranched alkanes of at least 4 members (excludes halogenated alkanes) is 5. The van der Waals surface area contributed by atoms with E-state index >= 15 is 0 Å². The standard InChI is InChI=1S/C24H46O2/c1-4-6-8-9-10-11-21-16-18-24(25-3,19-17-21)22-12-14-23(15-13-22)26-20-7-5-2/h21-23H,4-20H2,1-3H3. The molecule has 2 nitrogen and oxygen atoms in total. The molecule has 0 spiro atoms. The highest BCUT2D eigenvalue weighted by Gasteiger charge is 2.43. The third kappa shape index (κ3) is 6.82. The molecule has 0 aromatic heterocycles. The lowest BCUT2D eigenvalue weighted by Crippen LogP contribution is -2.45. The monoisotopic (exact) mass is 366 g/mol. The Morgan fingerprint density at radius 3 is 2.04 bits per heavy atom. The smallest absolute Gasteiger partial charge is 0.0707 e.